The first-order valence-electron chi connectivity index (χ1n) is 6.10. The quantitative estimate of drug-likeness (QED) is 0.925. The fourth-order valence-electron chi connectivity index (χ4n) is 2.55. The van der Waals surface area contributed by atoms with E-state index in [0.717, 1.165) is 5.39 Å². The van der Waals surface area contributed by atoms with Crippen LogP contribution < -0.4 is 5.73 Å². The zero-order valence-corrected chi connectivity index (χ0v) is 11.7. The lowest BCUT2D eigenvalue weighted by Crippen LogP contribution is -2.21. The molecule has 2 N–H and O–H groups in total. The fraction of sp³-hybridized carbons (Fsp3) is 0.385. The van der Waals surface area contributed by atoms with Gasteiger partial charge in [0.25, 0.3) is 0 Å². The molecule has 2 unspecified atom stereocenters. The molecule has 1 aliphatic rings. The highest BCUT2D eigenvalue weighted by Gasteiger charge is 2.34. The van der Waals surface area contributed by atoms with Gasteiger partial charge in [-0.3, -0.25) is 0 Å². The van der Waals surface area contributed by atoms with E-state index >= 15 is 0 Å². The van der Waals surface area contributed by atoms with Gasteiger partial charge in [0.2, 0.25) is 0 Å². The zero-order chi connectivity index (χ0) is 13.6. The van der Waals surface area contributed by atoms with E-state index in [9.17, 15) is 8.42 Å². The number of halogens is 1. The summed E-state index contributed by atoms with van der Waals surface area (Å²) in [7, 11) is -2.93. The van der Waals surface area contributed by atoms with Gasteiger partial charge < -0.3 is 10.2 Å². The lowest BCUT2D eigenvalue weighted by Gasteiger charge is -2.14. The molecule has 0 radical (unpaired) electrons. The van der Waals surface area contributed by atoms with Crippen LogP contribution in [0.5, 0.6) is 0 Å². The third-order valence-electron chi connectivity index (χ3n) is 3.62. The third-order valence-corrected chi connectivity index (χ3v) is 5.71. The van der Waals surface area contributed by atoms with Crippen molar-refractivity contribution in [3.63, 3.8) is 0 Å². The molecule has 4 nitrogen and oxygen atoms in total. The van der Waals surface area contributed by atoms with Gasteiger partial charge in [-0.1, -0.05) is 23.7 Å². The van der Waals surface area contributed by atoms with Crippen LogP contribution >= 0.6 is 11.6 Å². The van der Waals surface area contributed by atoms with Gasteiger partial charge in [-0.2, -0.15) is 0 Å². The van der Waals surface area contributed by atoms with Crippen LogP contribution in [0.3, 0.4) is 0 Å². The third kappa shape index (κ3) is 2.38. The Morgan fingerprint density at radius 1 is 1.42 bits per heavy atom. The van der Waals surface area contributed by atoms with Crippen LogP contribution in [-0.4, -0.2) is 19.9 Å². The summed E-state index contributed by atoms with van der Waals surface area (Å²) in [6.45, 7) is 0. The Bertz CT molecular complexity index is 723. The molecule has 2 aromatic rings. The van der Waals surface area contributed by atoms with Gasteiger partial charge in [0.05, 0.1) is 22.6 Å². The second-order valence-electron chi connectivity index (χ2n) is 5.00. The Labute approximate surface area is 116 Å². The largest absolute Gasteiger partial charge is 0.458 e. The molecule has 0 amide bonds. The molecule has 2 heterocycles. The van der Waals surface area contributed by atoms with Gasteiger partial charge in [0.15, 0.2) is 15.4 Å². The molecule has 2 atom stereocenters. The highest BCUT2D eigenvalue weighted by molar-refractivity contribution is 7.91. The first-order valence-corrected chi connectivity index (χ1v) is 8.30. The van der Waals surface area contributed by atoms with Crippen LogP contribution in [0.4, 0.5) is 0 Å². The van der Waals surface area contributed by atoms with Crippen molar-refractivity contribution >= 4 is 32.4 Å². The number of nitrogens with two attached hydrogens (primary N) is 1. The second-order valence-corrected chi connectivity index (χ2v) is 7.63. The van der Waals surface area contributed by atoms with Gasteiger partial charge >= 0.3 is 0 Å². The van der Waals surface area contributed by atoms with Gasteiger partial charge in [-0.05, 0) is 24.5 Å². The van der Waals surface area contributed by atoms with Crippen molar-refractivity contribution in [2.24, 2.45) is 11.7 Å². The maximum absolute atomic E-state index is 11.5. The molecule has 0 aliphatic carbocycles. The topological polar surface area (TPSA) is 73.3 Å². The molecular weight excluding hydrogens is 286 g/mol. The van der Waals surface area contributed by atoms with E-state index in [2.05, 4.69) is 0 Å². The van der Waals surface area contributed by atoms with E-state index in [0.29, 0.717) is 22.8 Å². The smallest absolute Gasteiger partial charge is 0.152 e. The molecule has 102 valence electrons. The van der Waals surface area contributed by atoms with Crippen molar-refractivity contribution in [1.82, 2.24) is 0 Å². The standard InChI is InChI=1S/C13H14ClNO3S/c14-10-3-1-2-8-6-11(18-13(8)10)12(15)9-4-5-19(16,17)7-9/h1-3,6,9,12H,4-5,7,15H2. The van der Waals surface area contributed by atoms with Crippen molar-refractivity contribution in [2.45, 2.75) is 12.5 Å². The van der Waals surface area contributed by atoms with Crippen molar-refractivity contribution in [1.29, 1.82) is 0 Å². The Kier molecular flexibility index (Phi) is 3.08. The Hall–Kier alpha value is -1.04. The summed E-state index contributed by atoms with van der Waals surface area (Å²) < 4.78 is 28.7. The lowest BCUT2D eigenvalue weighted by molar-refractivity contribution is 0.402. The molecule has 0 saturated carbocycles. The molecule has 1 aromatic heterocycles. The van der Waals surface area contributed by atoms with Crippen molar-refractivity contribution in [2.75, 3.05) is 11.5 Å². The summed E-state index contributed by atoms with van der Waals surface area (Å²) in [4.78, 5) is 0. The van der Waals surface area contributed by atoms with Crippen molar-refractivity contribution in [3.05, 3.63) is 35.0 Å². The average molecular weight is 300 g/mol. The van der Waals surface area contributed by atoms with Gasteiger partial charge in [-0.15, -0.1) is 0 Å². The number of hydrogen-bond acceptors (Lipinski definition) is 4. The number of fused-ring (bicyclic) bond motifs is 1. The van der Waals surface area contributed by atoms with E-state index in [1.54, 1.807) is 6.07 Å². The monoisotopic (exact) mass is 299 g/mol. The van der Waals surface area contributed by atoms with Crippen molar-refractivity contribution < 1.29 is 12.8 Å². The maximum atomic E-state index is 11.5. The summed E-state index contributed by atoms with van der Waals surface area (Å²) in [5, 5.41) is 1.42. The zero-order valence-electron chi connectivity index (χ0n) is 10.2. The minimum atomic E-state index is -2.93. The van der Waals surface area contributed by atoms with E-state index in [4.69, 9.17) is 21.8 Å². The molecule has 1 fully saturated rings. The normalized spacial score (nSPS) is 23.8. The number of para-hydroxylation sites is 1. The molecule has 0 bridgehead atoms. The molecule has 1 saturated heterocycles. The Balaban J connectivity index is 1.94. The molecule has 6 heteroatoms. The first kappa shape index (κ1) is 13.0. The lowest BCUT2D eigenvalue weighted by atomic mass is 9.98. The first-order chi connectivity index (χ1) is 8.96. The van der Waals surface area contributed by atoms with E-state index < -0.39 is 15.9 Å². The summed E-state index contributed by atoms with van der Waals surface area (Å²) in [6, 6.07) is 6.93. The van der Waals surface area contributed by atoms with Crippen LogP contribution in [0.1, 0.15) is 18.2 Å². The highest BCUT2D eigenvalue weighted by atomic mass is 35.5. The van der Waals surface area contributed by atoms with Crippen LogP contribution in [0.15, 0.2) is 28.7 Å². The summed E-state index contributed by atoms with van der Waals surface area (Å²) >= 11 is 6.05. The minimum Gasteiger partial charge on any atom is -0.458 e. The van der Waals surface area contributed by atoms with E-state index in [1.807, 2.05) is 18.2 Å². The highest BCUT2D eigenvalue weighted by Crippen LogP contribution is 2.34. The van der Waals surface area contributed by atoms with Crippen molar-refractivity contribution in [3.8, 4) is 0 Å². The molecule has 1 aromatic carbocycles. The summed E-state index contributed by atoms with van der Waals surface area (Å²) in [5.74, 6) is 0.875. The van der Waals surface area contributed by atoms with Crippen LogP contribution in [0.2, 0.25) is 5.02 Å². The molecule has 0 spiro atoms. The Morgan fingerprint density at radius 3 is 2.84 bits per heavy atom. The predicted octanol–water partition coefficient (Wildman–Crippen LogP) is 2.52. The van der Waals surface area contributed by atoms with Gasteiger partial charge in [0.1, 0.15) is 5.76 Å². The second kappa shape index (κ2) is 4.51. The van der Waals surface area contributed by atoms with Gasteiger partial charge in [-0.25, -0.2) is 8.42 Å². The molecule has 3 rings (SSSR count). The predicted molar refractivity (Wildman–Crippen MR) is 74.9 cm³/mol. The van der Waals surface area contributed by atoms with Crippen LogP contribution in [-0.2, 0) is 9.84 Å². The molecule has 1 aliphatic heterocycles. The maximum Gasteiger partial charge on any atom is 0.152 e. The minimum absolute atomic E-state index is 0.0793. The SMILES string of the molecule is NC(c1cc2cccc(Cl)c2o1)C1CCS(=O)(=O)C1. The molecular formula is C13H14ClNO3S. The fourth-order valence-corrected chi connectivity index (χ4v) is 4.63. The number of benzene rings is 1. The number of hydrogen-bond donors (Lipinski definition) is 1. The average Bonchev–Trinajstić information content (AvgIpc) is 2.92. The number of furan rings is 1. The number of sulfone groups is 1. The summed E-state index contributed by atoms with van der Waals surface area (Å²) in [5.41, 5.74) is 6.74. The molecule has 19 heavy (non-hydrogen) atoms. The van der Waals surface area contributed by atoms with E-state index in [1.165, 1.54) is 0 Å². The Morgan fingerprint density at radius 2 is 2.21 bits per heavy atom. The van der Waals surface area contributed by atoms with Gasteiger partial charge in [0, 0.05) is 5.39 Å². The van der Waals surface area contributed by atoms with E-state index in [-0.39, 0.29) is 17.4 Å². The van der Waals surface area contributed by atoms with Crippen LogP contribution in [0.25, 0.3) is 11.0 Å². The summed E-state index contributed by atoms with van der Waals surface area (Å²) in [6.07, 6.45) is 0.592. The van der Waals surface area contributed by atoms with Crippen LogP contribution in [0, 0.1) is 5.92 Å². The number of rotatable bonds is 2.